The molecule has 0 aliphatic carbocycles. The average Bonchev–Trinajstić information content (AvgIpc) is 2.30. The summed E-state index contributed by atoms with van der Waals surface area (Å²) in [5.74, 6) is 0. The van der Waals surface area contributed by atoms with Crippen LogP contribution >= 0.6 is 0 Å². The van der Waals surface area contributed by atoms with Crippen LogP contribution in [-0.2, 0) is 0 Å². The first-order chi connectivity index (χ1) is 7.26. The Bertz CT molecular complexity index is 348. The zero-order valence-electron chi connectivity index (χ0n) is 9.63. The van der Waals surface area contributed by atoms with Crippen LogP contribution in [0.4, 0.5) is 0 Å². The van der Waals surface area contributed by atoms with E-state index < -0.39 is 8.07 Å². The zero-order chi connectivity index (χ0) is 10.7. The van der Waals surface area contributed by atoms with E-state index in [2.05, 4.69) is 37.4 Å². The quantitative estimate of drug-likeness (QED) is 0.660. The van der Waals surface area contributed by atoms with Crippen molar-refractivity contribution in [3.05, 3.63) is 36.4 Å². The number of hydrogen-bond acceptors (Lipinski definition) is 0. The minimum Gasteiger partial charge on any atom is -0.0985 e. The highest BCUT2D eigenvalue weighted by atomic mass is 28.3. The third-order valence-corrected chi connectivity index (χ3v) is 8.46. The molecule has 0 N–H and O–H groups in total. The smallest absolute Gasteiger partial charge is 0.0844 e. The largest absolute Gasteiger partial charge is 0.0985 e. The number of benzene rings is 1. The zero-order valence-corrected chi connectivity index (χ0v) is 10.6. The van der Waals surface area contributed by atoms with Gasteiger partial charge in [-0.25, -0.2) is 0 Å². The lowest BCUT2D eigenvalue weighted by molar-refractivity contribution is 0.717. The van der Waals surface area contributed by atoms with E-state index in [1.165, 1.54) is 36.9 Å². The van der Waals surface area contributed by atoms with Gasteiger partial charge in [0.15, 0.2) is 0 Å². The van der Waals surface area contributed by atoms with Crippen LogP contribution in [0.15, 0.2) is 30.8 Å². The Morgan fingerprint density at radius 1 is 1.13 bits per heavy atom. The minimum atomic E-state index is -1.15. The highest BCUT2D eigenvalue weighted by Crippen LogP contribution is 2.29. The van der Waals surface area contributed by atoms with Crippen LogP contribution in [0.3, 0.4) is 0 Å². The summed E-state index contributed by atoms with van der Waals surface area (Å²) in [5, 5.41) is 1.64. The maximum Gasteiger partial charge on any atom is 0.0844 e. The molecule has 1 saturated heterocycles. The monoisotopic (exact) mass is 216 g/mol. The molecule has 2 rings (SSSR count). The lowest BCUT2D eigenvalue weighted by atomic mass is 10.2. The second-order valence-electron chi connectivity index (χ2n) is 4.91. The Labute approximate surface area is 94.0 Å². The van der Waals surface area contributed by atoms with Crippen molar-refractivity contribution >= 4 is 19.3 Å². The van der Waals surface area contributed by atoms with Crippen molar-refractivity contribution in [2.45, 2.75) is 37.9 Å². The first-order valence-corrected chi connectivity index (χ1v) is 8.90. The van der Waals surface area contributed by atoms with Gasteiger partial charge in [-0.15, -0.1) is 0 Å². The third kappa shape index (κ3) is 2.07. The summed E-state index contributed by atoms with van der Waals surface area (Å²) in [5.41, 5.74) is 1.38. The van der Waals surface area contributed by atoms with Crippen LogP contribution in [0.2, 0.25) is 18.6 Å². The predicted octanol–water partition coefficient (Wildman–Crippen LogP) is 3.80. The molecular weight excluding hydrogens is 196 g/mol. The van der Waals surface area contributed by atoms with Crippen molar-refractivity contribution in [3.8, 4) is 0 Å². The van der Waals surface area contributed by atoms with E-state index in [1.54, 1.807) is 5.19 Å². The van der Waals surface area contributed by atoms with Gasteiger partial charge in [0.05, 0.1) is 8.07 Å². The molecule has 0 bridgehead atoms. The molecule has 0 aromatic heterocycles. The predicted molar refractivity (Wildman–Crippen MR) is 71.3 cm³/mol. The minimum absolute atomic E-state index is 1.15. The molecule has 1 heteroatoms. The standard InChI is InChI=1S/C14H20Si/c1-3-13-9-5-6-10-14(13)15(2)11-7-4-8-12-15/h3,5-6,9-10H,1,4,7-8,11-12H2,2H3. The number of hydrogen-bond donors (Lipinski definition) is 0. The van der Waals surface area contributed by atoms with Crippen molar-refractivity contribution in [2.75, 3.05) is 0 Å². The van der Waals surface area contributed by atoms with E-state index in [0.717, 1.165) is 0 Å². The molecule has 0 spiro atoms. The Kier molecular flexibility index (Phi) is 3.10. The van der Waals surface area contributed by atoms with Gasteiger partial charge in [0.2, 0.25) is 0 Å². The van der Waals surface area contributed by atoms with Crippen LogP contribution in [0, 0.1) is 0 Å². The first-order valence-electron chi connectivity index (χ1n) is 5.98. The normalized spacial score (nSPS) is 19.8. The summed E-state index contributed by atoms with van der Waals surface area (Å²) in [6, 6.07) is 11.8. The Hall–Kier alpha value is -0.823. The van der Waals surface area contributed by atoms with Gasteiger partial charge in [0.25, 0.3) is 0 Å². The lowest BCUT2D eigenvalue weighted by Crippen LogP contribution is -2.47. The van der Waals surface area contributed by atoms with E-state index in [0.29, 0.717) is 0 Å². The van der Waals surface area contributed by atoms with Gasteiger partial charge in [-0.3, -0.25) is 0 Å². The molecule has 0 saturated carbocycles. The first kappa shape index (κ1) is 10.7. The summed E-state index contributed by atoms with van der Waals surface area (Å²) in [6.07, 6.45) is 6.35. The summed E-state index contributed by atoms with van der Waals surface area (Å²) in [4.78, 5) is 0. The van der Waals surface area contributed by atoms with Gasteiger partial charge < -0.3 is 0 Å². The highest BCUT2D eigenvalue weighted by molar-refractivity contribution is 6.91. The van der Waals surface area contributed by atoms with E-state index >= 15 is 0 Å². The molecule has 0 unspecified atom stereocenters. The van der Waals surface area contributed by atoms with Crippen LogP contribution < -0.4 is 5.19 Å². The van der Waals surface area contributed by atoms with Gasteiger partial charge >= 0.3 is 0 Å². The molecule has 80 valence electrons. The summed E-state index contributed by atoms with van der Waals surface area (Å²) in [7, 11) is -1.15. The second-order valence-corrected chi connectivity index (χ2v) is 9.57. The molecule has 1 aliphatic heterocycles. The van der Waals surface area contributed by atoms with E-state index in [-0.39, 0.29) is 0 Å². The van der Waals surface area contributed by atoms with Gasteiger partial charge in [0, 0.05) is 0 Å². The van der Waals surface area contributed by atoms with Crippen LogP contribution in [-0.4, -0.2) is 8.07 Å². The fraction of sp³-hybridized carbons (Fsp3) is 0.429. The topological polar surface area (TPSA) is 0 Å². The molecule has 1 aliphatic rings. The SMILES string of the molecule is C=Cc1ccccc1[Si]1(C)CCCCC1. The van der Waals surface area contributed by atoms with Gasteiger partial charge in [-0.1, -0.05) is 80.0 Å². The maximum absolute atomic E-state index is 3.94. The summed E-state index contributed by atoms with van der Waals surface area (Å²) >= 11 is 0. The summed E-state index contributed by atoms with van der Waals surface area (Å²) in [6.45, 7) is 6.49. The Balaban J connectivity index is 2.38. The van der Waals surface area contributed by atoms with Crippen LogP contribution in [0.1, 0.15) is 24.8 Å². The van der Waals surface area contributed by atoms with E-state index in [9.17, 15) is 0 Å². The van der Waals surface area contributed by atoms with Crippen molar-refractivity contribution in [2.24, 2.45) is 0 Å². The molecular formula is C14H20Si. The molecule has 15 heavy (non-hydrogen) atoms. The molecule has 0 nitrogen and oxygen atoms in total. The second kappa shape index (κ2) is 4.36. The molecule has 1 aromatic carbocycles. The van der Waals surface area contributed by atoms with Crippen molar-refractivity contribution in [1.82, 2.24) is 0 Å². The maximum atomic E-state index is 3.94. The van der Waals surface area contributed by atoms with E-state index in [1.807, 2.05) is 6.08 Å². The fourth-order valence-corrected chi connectivity index (χ4v) is 7.06. The van der Waals surface area contributed by atoms with Crippen molar-refractivity contribution < 1.29 is 0 Å². The Morgan fingerprint density at radius 3 is 2.47 bits per heavy atom. The average molecular weight is 216 g/mol. The fourth-order valence-electron chi connectivity index (χ4n) is 2.83. The molecule has 1 aromatic rings. The Morgan fingerprint density at radius 2 is 1.80 bits per heavy atom. The summed E-state index contributed by atoms with van der Waals surface area (Å²) < 4.78 is 0. The van der Waals surface area contributed by atoms with Crippen molar-refractivity contribution in [3.63, 3.8) is 0 Å². The van der Waals surface area contributed by atoms with Gasteiger partial charge in [-0.05, 0) is 5.56 Å². The van der Waals surface area contributed by atoms with Crippen LogP contribution in [0.5, 0.6) is 0 Å². The molecule has 0 radical (unpaired) electrons. The van der Waals surface area contributed by atoms with Gasteiger partial charge in [0.1, 0.15) is 0 Å². The molecule has 1 fully saturated rings. The molecule has 1 heterocycles. The molecule has 0 amide bonds. The number of rotatable bonds is 2. The molecule has 0 atom stereocenters. The third-order valence-electron chi connectivity index (χ3n) is 3.79. The van der Waals surface area contributed by atoms with E-state index in [4.69, 9.17) is 0 Å². The highest BCUT2D eigenvalue weighted by Gasteiger charge is 2.32. The van der Waals surface area contributed by atoms with Crippen molar-refractivity contribution in [1.29, 1.82) is 0 Å². The lowest BCUT2D eigenvalue weighted by Gasteiger charge is -2.33. The van der Waals surface area contributed by atoms with Crippen LogP contribution in [0.25, 0.3) is 6.08 Å². The van der Waals surface area contributed by atoms with Gasteiger partial charge in [-0.2, -0.15) is 0 Å².